The van der Waals surface area contributed by atoms with Crippen molar-refractivity contribution in [2.45, 2.75) is 27.1 Å². The maximum atomic E-state index is 10.6. The third kappa shape index (κ3) is 6.43. The second-order valence-electron chi connectivity index (χ2n) is 3.02. The molecule has 1 unspecified atom stereocenters. The molecule has 0 fully saturated rings. The Morgan fingerprint density at radius 2 is 1.80 bits per heavy atom. The molecule has 0 aromatic rings. The summed E-state index contributed by atoms with van der Waals surface area (Å²) in [5.74, 6) is -0.714. The molecule has 0 saturated carbocycles. The molecule has 0 aliphatic rings. The van der Waals surface area contributed by atoms with E-state index in [1.165, 1.54) is 6.92 Å². The van der Waals surface area contributed by atoms with Crippen molar-refractivity contribution < 1.29 is 24.1 Å². The van der Waals surface area contributed by atoms with Crippen molar-refractivity contribution in [3.05, 3.63) is 0 Å². The Labute approximate surface area is 90.3 Å². The van der Waals surface area contributed by atoms with E-state index in [1.807, 2.05) is 13.8 Å². The lowest BCUT2D eigenvalue weighted by atomic mass is 10.1. The summed E-state index contributed by atoms with van der Waals surface area (Å²) in [6, 6.07) is 0. The van der Waals surface area contributed by atoms with Crippen LogP contribution in [0.4, 0.5) is 0 Å². The summed E-state index contributed by atoms with van der Waals surface area (Å²) in [6.07, 6.45) is -0.524. The van der Waals surface area contributed by atoms with Gasteiger partial charge in [-0.05, 0) is 13.8 Å². The second-order valence-corrected chi connectivity index (χ2v) is 3.02. The Kier molecular flexibility index (Phi) is 8.27. The van der Waals surface area contributed by atoms with E-state index in [9.17, 15) is 4.79 Å². The fourth-order valence-corrected chi connectivity index (χ4v) is 1.09. The van der Waals surface area contributed by atoms with E-state index in [1.54, 1.807) is 0 Å². The van der Waals surface area contributed by atoms with E-state index >= 15 is 0 Å². The minimum atomic E-state index is -0.524. The molecule has 90 valence electrons. The fraction of sp³-hybridized carbons (Fsp3) is 0.900. The highest BCUT2D eigenvalue weighted by Gasteiger charge is 2.22. The Hall–Kier alpha value is -0.650. The van der Waals surface area contributed by atoms with Crippen LogP contribution in [0.15, 0.2) is 0 Å². The molecular formula is C10H20O5. The highest BCUT2D eigenvalue weighted by molar-refractivity contribution is 5.65. The number of hydrogen-bond donors (Lipinski definition) is 1. The fourth-order valence-electron chi connectivity index (χ4n) is 1.09. The quantitative estimate of drug-likeness (QED) is 0.478. The van der Waals surface area contributed by atoms with Crippen molar-refractivity contribution in [3.8, 4) is 0 Å². The predicted molar refractivity (Wildman–Crippen MR) is 54.2 cm³/mol. The van der Waals surface area contributed by atoms with Gasteiger partial charge in [-0.15, -0.1) is 0 Å². The van der Waals surface area contributed by atoms with E-state index in [2.05, 4.69) is 0 Å². The van der Waals surface area contributed by atoms with Gasteiger partial charge in [0, 0.05) is 20.1 Å². The van der Waals surface area contributed by atoms with Crippen LogP contribution in [0.2, 0.25) is 0 Å². The molecule has 0 heterocycles. The molecule has 0 bridgehead atoms. The van der Waals surface area contributed by atoms with Gasteiger partial charge >= 0.3 is 5.97 Å². The van der Waals surface area contributed by atoms with E-state index in [-0.39, 0.29) is 25.1 Å². The van der Waals surface area contributed by atoms with Crippen LogP contribution in [0, 0.1) is 5.92 Å². The number of aliphatic hydroxyl groups excluding tert-OH is 1. The summed E-state index contributed by atoms with van der Waals surface area (Å²) < 4.78 is 15.4. The van der Waals surface area contributed by atoms with Gasteiger partial charge in [-0.25, -0.2) is 0 Å². The van der Waals surface area contributed by atoms with Crippen LogP contribution in [0.1, 0.15) is 20.8 Å². The molecule has 1 atom stereocenters. The van der Waals surface area contributed by atoms with Gasteiger partial charge in [0.1, 0.15) is 6.61 Å². The van der Waals surface area contributed by atoms with Crippen LogP contribution in [-0.2, 0) is 19.0 Å². The Morgan fingerprint density at radius 3 is 2.13 bits per heavy atom. The first-order chi connectivity index (χ1) is 7.15. The molecule has 5 nitrogen and oxygen atoms in total. The summed E-state index contributed by atoms with van der Waals surface area (Å²) in [4.78, 5) is 10.6. The molecule has 15 heavy (non-hydrogen) atoms. The zero-order valence-electron chi connectivity index (χ0n) is 9.56. The average Bonchev–Trinajstić information content (AvgIpc) is 2.19. The first-order valence-electron chi connectivity index (χ1n) is 5.13. The van der Waals surface area contributed by atoms with Crippen LogP contribution in [-0.4, -0.2) is 43.8 Å². The molecule has 0 radical (unpaired) electrons. The summed E-state index contributed by atoms with van der Waals surface area (Å²) in [5, 5.41) is 9.11. The van der Waals surface area contributed by atoms with Gasteiger partial charge < -0.3 is 19.3 Å². The zero-order chi connectivity index (χ0) is 11.7. The van der Waals surface area contributed by atoms with Crippen LogP contribution in [0.5, 0.6) is 0 Å². The van der Waals surface area contributed by atoms with Crippen molar-refractivity contribution in [3.63, 3.8) is 0 Å². The Morgan fingerprint density at radius 1 is 1.27 bits per heavy atom. The molecule has 0 aromatic carbocycles. The Bertz CT molecular complexity index is 165. The lowest BCUT2D eigenvalue weighted by Gasteiger charge is -2.24. The minimum absolute atomic E-state index is 0.108. The van der Waals surface area contributed by atoms with E-state index in [0.717, 1.165) is 0 Å². The van der Waals surface area contributed by atoms with Crippen LogP contribution >= 0.6 is 0 Å². The van der Waals surface area contributed by atoms with Crippen molar-refractivity contribution in [2.75, 3.05) is 26.4 Å². The van der Waals surface area contributed by atoms with E-state index in [0.29, 0.717) is 13.2 Å². The number of ether oxygens (including phenoxy) is 3. The lowest BCUT2D eigenvalue weighted by Crippen LogP contribution is -2.33. The molecule has 1 N–H and O–H groups in total. The van der Waals surface area contributed by atoms with Gasteiger partial charge in [-0.2, -0.15) is 0 Å². The average molecular weight is 220 g/mol. The molecule has 0 spiro atoms. The van der Waals surface area contributed by atoms with Crippen molar-refractivity contribution in [2.24, 2.45) is 5.92 Å². The van der Waals surface area contributed by atoms with Gasteiger partial charge in [0.2, 0.25) is 0 Å². The molecule has 0 amide bonds. The predicted octanol–water partition coefficient (Wildman–Crippen LogP) is 0.557. The third-order valence-corrected chi connectivity index (χ3v) is 1.78. The minimum Gasteiger partial charge on any atom is -0.465 e. The van der Waals surface area contributed by atoms with Crippen LogP contribution in [0.3, 0.4) is 0 Å². The molecule has 0 saturated heterocycles. The number of esters is 1. The van der Waals surface area contributed by atoms with Gasteiger partial charge in [-0.3, -0.25) is 4.79 Å². The monoisotopic (exact) mass is 220 g/mol. The third-order valence-electron chi connectivity index (χ3n) is 1.78. The van der Waals surface area contributed by atoms with Gasteiger partial charge in [-0.1, -0.05) is 0 Å². The van der Waals surface area contributed by atoms with Crippen molar-refractivity contribution >= 4 is 5.97 Å². The van der Waals surface area contributed by atoms with Crippen molar-refractivity contribution in [1.82, 2.24) is 0 Å². The normalized spacial score (nSPS) is 12.9. The smallest absolute Gasteiger partial charge is 0.302 e. The first kappa shape index (κ1) is 14.3. The van der Waals surface area contributed by atoms with Gasteiger partial charge in [0.25, 0.3) is 0 Å². The highest BCUT2D eigenvalue weighted by Crippen LogP contribution is 2.10. The second kappa shape index (κ2) is 8.64. The summed E-state index contributed by atoms with van der Waals surface area (Å²) in [5.41, 5.74) is 0. The SMILES string of the molecule is CCOC(OCC)C(CO)COC(C)=O. The number of carbonyl (C=O) groups excluding carboxylic acids is 1. The standard InChI is InChI=1S/C10H20O5/c1-4-13-10(14-5-2)9(6-11)7-15-8(3)12/h9-11H,4-7H2,1-3H3. The maximum absolute atomic E-state index is 10.6. The highest BCUT2D eigenvalue weighted by atomic mass is 16.7. The number of aliphatic hydroxyl groups is 1. The van der Waals surface area contributed by atoms with Gasteiger partial charge in [0.05, 0.1) is 12.5 Å². The molecule has 5 heteroatoms. The first-order valence-corrected chi connectivity index (χ1v) is 5.13. The number of hydrogen-bond acceptors (Lipinski definition) is 5. The number of rotatable bonds is 8. The summed E-state index contributed by atoms with van der Waals surface area (Å²) in [6.45, 7) is 5.94. The van der Waals surface area contributed by atoms with E-state index < -0.39 is 6.29 Å². The van der Waals surface area contributed by atoms with Crippen LogP contribution < -0.4 is 0 Å². The number of carbonyl (C=O) groups is 1. The topological polar surface area (TPSA) is 65.0 Å². The molecule has 0 aromatic heterocycles. The molecule has 0 aliphatic heterocycles. The molecular weight excluding hydrogens is 200 g/mol. The largest absolute Gasteiger partial charge is 0.465 e. The zero-order valence-corrected chi connectivity index (χ0v) is 9.56. The van der Waals surface area contributed by atoms with Crippen molar-refractivity contribution in [1.29, 1.82) is 0 Å². The summed E-state index contributed by atoms with van der Waals surface area (Å²) in [7, 11) is 0. The maximum Gasteiger partial charge on any atom is 0.302 e. The summed E-state index contributed by atoms with van der Waals surface area (Å²) >= 11 is 0. The van der Waals surface area contributed by atoms with Gasteiger partial charge in [0.15, 0.2) is 6.29 Å². The van der Waals surface area contributed by atoms with E-state index in [4.69, 9.17) is 19.3 Å². The van der Waals surface area contributed by atoms with Crippen LogP contribution in [0.25, 0.3) is 0 Å². The molecule has 0 rings (SSSR count). The molecule has 0 aliphatic carbocycles. The lowest BCUT2D eigenvalue weighted by molar-refractivity contribution is -0.187. The Balaban J connectivity index is 4.10.